The fourth-order valence-electron chi connectivity index (χ4n) is 2.84. The Balaban J connectivity index is 1.81. The molecule has 2 aromatic rings. The number of benzene rings is 2. The van der Waals surface area contributed by atoms with Gasteiger partial charge in [-0.2, -0.15) is 0 Å². The largest absolute Gasteiger partial charge is 0.448 e. The lowest BCUT2D eigenvalue weighted by Crippen LogP contribution is -2.36. The number of carbonyl (C=O) groups excluding carboxylic acids is 2. The van der Waals surface area contributed by atoms with Gasteiger partial charge in [0.2, 0.25) is 0 Å². The van der Waals surface area contributed by atoms with Gasteiger partial charge in [-0.25, -0.2) is 4.79 Å². The molecule has 1 unspecified atom stereocenters. The number of nitrogens with zero attached hydrogens (tertiary/aromatic N) is 1. The first-order valence-corrected chi connectivity index (χ1v) is 8.51. The molecular weight excluding hydrogens is 370 g/mol. The summed E-state index contributed by atoms with van der Waals surface area (Å²) in [6, 6.07) is 16.3. The molecule has 1 amide bonds. The number of carbonyl (C=O) groups is 2. The number of amides is 1. The molecule has 2 aromatic carbocycles. The summed E-state index contributed by atoms with van der Waals surface area (Å²) in [6.07, 6.45) is -0.797. The molecule has 1 aliphatic heterocycles. The van der Waals surface area contributed by atoms with Crippen LogP contribution in [0.25, 0.3) is 0 Å². The van der Waals surface area contributed by atoms with Crippen molar-refractivity contribution in [3.8, 4) is 0 Å². The summed E-state index contributed by atoms with van der Waals surface area (Å²) in [4.78, 5) is 26.8. The molecular formula is C19H18BrNO3. The van der Waals surface area contributed by atoms with Crippen LogP contribution in [0.2, 0.25) is 0 Å². The number of esters is 1. The lowest BCUT2D eigenvalue weighted by atomic mass is 9.89. The minimum atomic E-state index is -0.797. The number of hydrogen-bond donors (Lipinski definition) is 0. The predicted octanol–water partition coefficient (Wildman–Crippen LogP) is 4.05. The van der Waals surface area contributed by atoms with E-state index in [1.54, 1.807) is 29.2 Å². The number of rotatable bonds is 3. The van der Waals surface area contributed by atoms with Crippen molar-refractivity contribution in [1.82, 2.24) is 0 Å². The summed E-state index contributed by atoms with van der Waals surface area (Å²) in [5.41, 5.74) is 0.788. The van der Waals surface area contributed by atoms with Crippen LogP contribution >= 0.6 is 15.9 Å². The Morgan fingerprint density at radius 2 is 1.75 bits per heavy atom. The predicted molar refractivity (Wildman–Crippen MR) is 95.9 cm³/mol. The zero-order valence-electron chi connectivity index (χ0n) is 13.5. The number of ether oxygens (including phenoxy) is 1. The molecule has 3 rings (SSSR count). The van der Waals surface area contributed by atoms with Gasteiger partial charge in [0, 0.05) is 22.1 Å². The zero-order valence-corrected chi connectivity index (χ0v) is 15.1. The SMILES string of the molecule is CC1(C)CN(c2ccccc2)C(=O)C1OC(=O)c1ccc(Br)cc1. The molecule has 1 heterocycles. The molecule has 1 atom stereocenters. The number of hydrogen-bond acceptors (Lipinski definition) is 3. The minimum absolute atomic E-state index is 0.184. The van der Waals surface area contributed by atoms with E-state index in [9.17, 15) is 9.59 Å². The molecule has 124 valence electrons. The molecule has 1 aliphatic rings. The van der Waals surface area contributed by atoms with Gasteiger partial charge in [0.05, 0.1) is 5.56 Å². The highest BCUT2D eigenvalue weighted by atomic mass is 79.9. The Bertz CT molecular complexity index is 756. The maximum Gasteiger partial charge on any atom is 0.338 e. The summed E-state index contributed by atoms with van der Waals surface area (Å²) in [5.74, 6) is -0.666. The van der Waals surface area contributed by atoms with E-state index in [1.807, 2.05) is 44.2 Å². The first kappa shape index (κ1) is 16.7. The normalized spacial score (nSPS) is 19.4. The van der Waals surface area contributed by atoms with Crippen molar-refractivity contribution in [3.05, 3.63) is 64.6 Å². The van der Waals surface area contributed by atoms with E-state index in [1.165, 1.54) is 0 Å². The quantitative estimate of drug-likeness (QED) is 0.746. The molecule has 4 nitrogen and oxygen atoms in total. The smallest absolute Gasteiger partial charge is 0.338 e. The van der Waals surface area contributed by atoms with E-state index < -0.39 is 17.5 Å². The van der Waals surface area contributed by atoms with Crippen LogP contribution in [0.3, 0.4) is 0 Å². The molecule has 0 spiro atoms. The molecule has 0 bridgehead atoms. The lowest BCUT2D eigenvalue weighted by molar-refractivity contribution is -0.127. The average Bonchev–Trinajstić information content (AvgIpc) is 2.80. The van der Waals surface area contributed by atoms with Gasteiger partial charge < -0.3 is 9.64 Å². The van der Waals surface area contributed by atoms with E-state index in [0.717, 1.165) is 10.2 Å². The molecule has 1 saturated heterocycles. The van der Waals surface area contributed by atoms with Gasteiger partial charge in [-0.1, -0.05) is 48.0 Å². The molecule has 0 saturated carbocycles. The van der Waals surface area contributed by atoms with Crippen molar-refractivity contribution < 1.29 is 14.3 Å². The van der Waals surface area contributed by atoms with Crippen LogP contribution in [0, 0.1) is 5.41 Å². The topological polar surface area (TPSA) is 46.6 Å². The zero-order chi connectivity index (χ0) is 17.3. The van der Waals surface area contributed by atoms with E-state index in [4.69, 9.17) is 4.74 Å². The number of para-hydroxylation sites is 1. The van der Waals surface area contributed by atoms with E-state index in [0.29, 0.717) is 12.1 Å². The van der Waals surface area contributed by atoms with Gasteiger partial charge in [-0.05, 0) is 36.4 Å². The van der Waals surface area contributed by atoms with Gasteiger partial charge in [0.1, 0.15) is 0 Å². The van der Waals surface area contributed by atoms with Crippen molar-refractivity contribution in [2.75, 3.05) is 11.4 Å². The van der Waals surface area contributed by atoms with Crippen molar-refractivity contribution in [2.24, 2.45) is 5.41 Å². The van der Waals surface area contributed by atoms with Crippen LogP contribution in [0.4, 0.5) is 5.69 Å². The maximum absolute atomic E-state index is 12.8. The summed E-state index contributed by atoms with van der Waals surface area (Å²) in [5, 5.41) is 0. The fourth-order valence-corrected chi connectivity index (χ4v) is 3.11. The standard InChI is InChI=1S/C19H18BrNO3/c1-19(2)12-21(15-6-4-3-5-7-15)17(22)16(19)24-18(23)13-8-10-14(20)11-9-13/h3-11,16H,12H2,1-2H3. The Morgan fingerprint density at radius 3 is 2.38 bits per heavy atom. The average molecular weight is 388 g/mol. The van der Waals surface area contributed by atoms with E-state index >= 15 is 0 Å². The first-order valence-electron chi connectivity index (χ1n) is 7.71. The Hall–Kier alpha value is -2.14. The molecule has 1 fully saturated rings. The molecule has 0 N–H and O–H groups in total. The Morgan fingerprint density at radius 1 is 1.12 bits per heavy atom. The fraction of sp³-hybridized carbons (Fsp3) is 0.263. The van der Waals surface area contributed by atoms with E-state index in [-0.39, 0.29) is 5.91 Å². The van der Waals surface area contributed by atoms with Gasteiger partial charge in [-0.3, -0.25) is 4.79 Å². The molecule has 0 aromatic heterocycles. The van der Waals surface area contributed by atoms with Crippen LogP contribution in [0.5, 0.6) is 0 Å². The molecule has 5 heteroatoms. The minimum Gasteiger partial charge on any atom is -0.448 e. The third-order valence-corrected chi connectivity index (χ3v) is 4.67. The molecule has 0 radical (unpaired) electrons. The monoisotopic (exact) mass is 387 g/mol. The summed E-state index contributed by atoms with van der Waals surface area (Å²) in [6.45, 7) is 4.38. The van der Waals surface area contributed by atoms with Crippen molar-refractivity contribution in [1.29, 1.82) is 0 Å². The van der Waals surface area contributed by atoms with Crippen LogP contribution in [-0.2, 0) is 9.53 Å². The summed E-state index contributed by atoms with van der Waals surface area (Å²) >= 11 is 3.33. The Kier molecular flexibility index (Phi) is 4.45. The highest BCUT2D eigenvalue weighted by Gasteiger charge is 2.49. The highest BCUT2D eigenvalue weighted by molar-refractivity contribution is 9.10. The lowest BCUT2D eigenvalue weighted by Gasteiger charge is -2.23. The summed E-state index contributed by atoms with van der Waals surface area (Å²) < 4.78 is 6.45. The summed E-state index contributed by atoms with van der Waals surface area (Å²) in [7, 11) is 0. The van der Waals surface area contributed by atoms with Gasteiger partial charge in [0.15, 0.2) is 6.10 Å². The third kappa shape index (κ3) is 3.22. The second-order valence-corrected chi connectivity index (χ2v) is 7.46. The van der Waals surface area contributed by atoms with Crippen LogP contribution in [-0.4, -0.2) is 24.5 Å². The molecule has 24 heavy (non-hydrogen) atoms. The highest BCUT2D eigenvalue weighted by Crippen LogP contribution is 2.36. The van der Waals surface area contributed by atoms with Crippen molar-refractivity contribution in [2.45, 2.75) is 20.0 Å². The number of halogens is 1. The first-order chi connectivity index (χ1) is 11.4. The van der Waals surface area contributed by atoms with Gasteiger partial charge in [-0.15, -0.1) is 0 Å². The van der Waals surface area contributed by atoms with Crippen LogP contribution < -0.4 is 4.90 Å². The van der Waals surface area contributed by atoms with Crippen molar-refractivity contribution in [3.63, 3.8) is 0 Å². The molecule has 0 aliphatic carbocycles. The third-order valence-electron chi connectivity index (χ3n) is 4.14. The second-order valence-electron chi connectivity index (χ2n) is 6.54. The maximum atomic E-state index is 12.8. The van der Waals surface area contributed by atoms with E-state index in [2.05, 4.69) is 15.9 Å². The van der Waals surface area contributed by atoms with Crippen molar-refractivity contribution >= 4 is 33.5 Å². The van der Waals surface area contributed by atoms with Gasteiger partial charge >= 0.3 is 5.97 Å². The van der Waals surface area contributed by atoms with Crippen LogP contribution in [0.1, 0.15) is 24.2 Å². The number of anilines is 1. The van der Waals surface area contributed by atoms with Gasteiger partial charge in [0.25, 0.3) is 5.91 Å². The van der Waals surface area contributed by atoms with Crippen LogP contribution in [0.15, 0.2) is 59.1 Å². The Labute approximate surface area is 149 Å². The second kappa shape index (κ2) is 6.40.